The van der Waals surface area contributed by atoms with Gasteiger partial charge in [-0.05, 0) is 12.8 Å². The minimum atomic E-state index is -1.20. The van der Waals surface area contributed by atoms with Gasteiger partial charge in [-0.25, -0.2) is 0 Å². The molecule has 0 aromatic heterocycles. The van der Waals surface area contributed by atoms with Crippen LogP contribution in [-0.2, 0) is 19.2 Å². The first-order valence-electron chi connectivity index (χ1n) is 6.91. The molecule has 1 heterocycles. The van der Waals surface area contributed by atoms with Gasteiger partial charge in [0.25, 0.3) is 11.8 Å². The highest BCUT2D eigenvalue weighted by molar-refractivity contribution is 9.09. The number of unbranched alkanes of at least 4 members (excludes halogenated alkanes) is 4. The van der Waals surface area contributed by atoms with Gasteiger partial charge in [-0.1, -0.05) is 35.2 Å². The number of nitrogens with zero attached hydrogens (tertiary/aromatic N) is 1. The summed E-state index contributed by atoms with van der Waals surface area (Å²) in [4.78, 5) is 42.2. The highest BCUT2D eigenvalue weighted by atomic mass is 79.9. The standard InChI is InChI=1S/C8H15BrO2.C6H5NO4/c9-7-5-3-1-2-4-6-8(10)11;8-4-1-2-5(9)7(4)3-6(10)11/h1-7H2,(H,10,11);1-2H,3H2,(H,10,11). The van der Waals surface area contributed by atoms with Crippen molar-refractivity contribution in [2.75, 3.05) is 11.9 Å². The summed E-state index contributed by atoms with van der Waals surface area (Å²) < 4.78 is 0. The van der Waals surface area contributed by atoms with E-state index in [4.69, 9.17) is 10.2 Å². The average molecular weight is 378 g/mol. The SMILES string of the molecule is O=C(O)CCCCCCCBr.O=C(O)CN1C(=O)C=CC1=O. The third-order valence-electron chi connectivity index (χ3n) is 2.72. The van der Waals surface area contributed by atoms with Gasteiger partial charge in [0, 0.05) is 23.9 Å². The van der Waals surface area contributed by atoms with Gasteiger partial charge in [0.1, 0.15) is 6.54 Å². The van der Waals surface area contributed by atoms with E-state index in [0.29, 0.717) is 11.3 Å². The minimum absolute atomic E-state index is 0.328. The van der Waals surface area contributed by atoms with Crippen molar-refractivity contribution in [3.05, 3.63) is 12.2 Å². The highest BCUT2D eigenvalue weighted by Gasteiger charge is 2.24. The van der Waals surface area contributed by atoms with E-state index in [2.05, 4.69) is 15.9 Å². The Kier molecular flexibility index (Phi) is 11.0. The van der Waals surface area contributed by atoms with Crippen LogP contribution in [0.5, 0.6) is 0 Å². The Morgan fingerprint density at radius 1 is 0.909 bits per heavy atom. The maximum atomic E-state index is 10.7. The van der Waals surface area contributed by atoms with Crippen molar-refractivity contribution >= 4 is 39.7 Å². The van der Waals surface area contributed by atoms with E-state index in [1.165, 1.54) is 19.3 Å². The predicted molar refractivity (Wildman–Crippen MR) is 82.6 cm³/mol. The van der Waals surface area contributed by atoms with Crippen molar-refractivity contribution in [2.24, 2.45) is 0 Å². The lowest BCUT2D eigenvalue weighted by molar-refractivity contribution is -0.147. The molecule has 0 radical (unpaired) electrons. The monoisotopic (exact) mass is 377 g/mol. The normalized spacial score (nSPS) is 13.0. The smallest absolute Gasteiger partial charge is 0.323 e. The Hall–Kier alpha value is -1.70. The lowest BCUT2D eigenvalue weighted by atomic mass is 10.1. The van der Waals surface area contributed by atoms with Crippen molar-refractivity contribution in [3.63, 3.8) is 0 Å². The van der Waals surface area contributed by atoms with Crippen LogP contribution in [0.4, 0.5) is 0 Å². The molecule has 7 nitrogen and oxygen atoms in total. The van der Waals surface area contributed by atoms with Gasteiger partial charge in [0.05, 0.1) is 0 Å². The number of rotatable bonds is 9. The van der Waals surface area contributed by atoms with Crippen LogP contribution in [0.3, 0.4) is 0 Å². The summed E-state index contributed by atoms with van der Waals surface area (Å²) in [7, 11) is 0. The van der Waals surface area contributed by atoms with Crippen molar-refractivity contribution in [3.8, 4) is 0 Å². The van der Waals surface area contributed by atoms with Crippen LogP contribution in [0.2, 0.25) is 0 Å². The number of carboxylic acid groups (broad SMARTS) is 2. The van der Waals surface area contributed by atoms with Gasteiger partial charge in [-0.2, -0.15) is 0 Å². The Bertz CT molecular complexity index is 417. The Morgan fingerprint density at radius 3 is 1.86 bits per heavy atom. The first-order chi connectivity index (χ1) is 10.4. The minimum Gasteiger partial charge on any atom is -0.481 e. The van der Waals surface area contributed by atoms with Crippen LogP contribution in [-0.4, -0.2) is 50.7 Å². The average Bonchev–Trinajstić information content (AvgIpc) is 2.74. The molecule has 2 N–H and O–H groups in total. The first kappa shape index (κ1) is 20.3. The summed E-state index contributed by atoms with van der Waals surface area (Å²) >= 11 is 3.35. The summed E-state index contributed by atoms with van der Waals surface area (Å²) in [6, 6.07) is 0. The number of carboxylic acids is 2. The van der Waals surface area contributed by atoms with Crippen molar-refractivity contribution in [1.29, 1.82) is 0 Å². The second-order valence-corrected chi connectivity index (χ2v) is 5.38. The maximum absolute atomic E-state index is 10.7. The first-order valence-corrected chi connectivity index (χ1v) is 8.03. The maximum Gasteiger partial charge on any atom is 0.323 e. The predicted octanol–water partition coefficient (Wildman–Crippen LogP) is 1.80. The van der Waals surface area contributed by atoms with Gasteiger partial charge in [0.15, 0.2) is 0 Å². The molecule has 0 aromatic carbocycles. The fourth-order valence-electron chi connectivity index (χ4n) is 1.62. The number of carbonyl (C=O) groups excluding carboxylic acids is 2. The quantitative estimate of drug-likeness (QED) is 0.360. The lowest BCUT2D eigenvalue weighted by Gasteiger charge is -2.08. The van der Waals surface area contributed by atoms with Crippen molar-refractivity contribution < 1.29 is 29.4 Å². The molecule has 0 saturated carbocycles. The zero-order valence-corrected chi connectivity index (χ0v) is 13.8. The van der Waals surface area contributed by atoms with E-state index in [9.17, 15) is 19.2 Å². The number of halogens is 1. The van der Waals surface area contributed by atoms with E-state index < -0.39 is 30.3 Å². The van der Waals surface area contributed by atoms with Gasteiger partial charge < -0.3 is 10.2 Å². The van der Waals surface area contributed by atoms with E-state index in [1.54, 1.807) is 0 Å². The molecule has 0 spiro atoms. The van der Waals surface area contributed by atoms with E-state index in [1.807, 2.05) is 0 Å². The van der Waals surface area contributed by atoms with Gasteiger partial charge >= 0.3 is 11.9 Å². The molecule has 1 aliphatic rings. The zero-order valence-electron chi connectivity index (χ0n) is 12.2. The second-order valence-electron chi connectivity index (χ2n) is 4.59. The van der Waals surface area contributed by atoms with Gasteiger partial charge in [0.2, 0.25) is 0 Å². The Labute approximate surface area is 137 Å². The van der Waals surface area contributed by atoms with E-state index in [0.717, 1.165) is 30.3 Å². The number of carbonyl (C=O) groups is 4. The number of imide groups is 1. The summed E-state index contributed by atoms with van der Waals surface area (Å²) in [6.45, 7) is -0.565. The van der Waals surface area contributed by atoms with Gasteiger partial charge in [-0.3, -0.25) is 24.1 Å². The highest BCUT2D eigenvalue weighted by Crippen LogP contribution is 2.06. The topological polar surface area (TPSA) is 112 Å². The molecule has 2 amide bonds. The van der Waals surface area contributed by atoms with Crippen LogP contribution >= 0.6 is 15.9 Å². The molecule has 8 heteroatoms. The molecule has 22 heavy (non-hydrogen) atoms. The molecular formula is C14H20BrNO6. The molecule has 124 valence electrons. The van der Waals surface area contributed by atoms with Crippen LogP contribution in [0, 0.1) is 0 Å². The van der Waals surface area contributed by atoms with Crippen molar-refractivity contribution in [1.82, 2.24) is 4.90 Å². The molecular weight excluding hydrogens is 358 g/mol. The van der Waals surface area contributed by atoms with E-state index >= 15 is 0 Å². The fraction of sp³-hybridized carbons (Fsp3) is 0.571. The third-order valence-corrected chi connectivity index (χ3v) is 3.28. The zero-order chi connectivity index (χ0) is 17.0. The summed E-state index contributed by atoms with van der Waals surface area (Å²) in [6.07, 6.45) is 7.89. The Balaban J connectivity index is 0.000000401. The third kappa shape index (κ3) is 10.1. The molecule has 1 rings (SSSR count). The summed E-state index contributed by atoms with van der Waals surface area (Å²) in [5.74, 6) is -3.02. The molecule has 0 aliphatic carbocycles. The van der Waals surface area contributed by atoms with E-state index in [-0.39, 0.29) is 0 Å². The lowest BCUT2D eigenvalue weighted by Crippen LogP contribution is -2.34. The van der Waals surface area contributed by atoms with Crippen LogP contribution in [0.15, 0.2) is 12.2 Å². The molecule has 0 saturated heterocycles. The van der Waals surface area contributed by atoms with Crippen molar-refractivity contribution in [2.45, 2.75) is 38.5 Å². The van der Waals surface area contributed by atoms with Crippen LogP contribution < -0.4 is 0 Å². The van der Waals surface area contributed by atoms with Crippen LogP contribution in [0.25, 0.3) is 0 Å². The Morgan fingerprint density at radius 2 is 1.41 bits per heavy atom. The number of aliphatic carboxylic acids is 2. The summed E-state index contributed by atoms with van der Waals surface area (Å²) in [5.41, 5.74) is 0. The molecule has 0 unspecified atom stereocenters. The summed E-state index contributed by atoms with van der Waals surface area (Å²) in [5, 5.41) is 17.6. The second kappa shape index (κ2) is 11.9. The number of hydrogen-bond acceptors (Lipinski definition) is 4. The molecule has 0 fully saturated rings. The number of amides is 2. The number of alkyl halides is 1. The molecule has 0 bridgehead atoms. The largest absolute Gasteiger partial charge is 0.481 e. The van der Waals surface area contributed by atoms with Gasteiger partial charge in [-0.15, -0.1) is 0 Å². The molecule has 0 atom stereocenters. The fourth-order valence-corrected chi connectivity index (χ4v) is 2.02. The molecule has 0 aromatic rings. The number of hydrogen-bond donors (Lipinski definition) is 2. The molecule has 1 aliphatic heterocycles. The van der Waals surface area contributed by atoms with Crippen LogP contribution in [0.1, 0.15) is 38.5 Å².